The molecule has 1 amide bonds. The Labute approximate surface area is 141 Å². The van der Waals surface area contributed by atoms with E-state index in [4.69, 9.17) is 4.74 Å². The highest BCUT2D eigenvalue weighted by Crippen LogP contribution is 2.20. The SMILES string of the molecule is CCCCCNC(=O)c1sc(COc2cccc(C)c2)nc1C. The molecular weight excluding hydrogens is 308 g/mol. The zero-order valence-corrected chi connectivity index (χ0v) is 14.8. The van der Waals surface area contributed by atoms with Gasteiger partial charge in [-0.25, -0.2) is 4.98 Å². The zero-order chi connectivity index (χ0) is 16.7. The first-order valence-corrected chi connectivity index (χ1v) is 8.85. The number of nitrogens with zero attached hydrogens (tertiary/aromatic N) is 1. The summed E-state index contributed by atoms with van der Waals surface area (Å²) in [5.41, 5.74) is 1.93. The number of thiazole rings is 1. The van der Waals surface area contributed by atoms with Crippen LogP contribution in [0.1, 0.15) is 52.1 Å². The van der Waals surface area contributed by atoms with Crippen LogP contribution in [-0.2, 0) is 6.61 Å². The van der Waals surface area contributed by atoms with Crippen molar-refractivity contribution in [1.82, 2.24) is 10.3 Å². The van der Waals surface area contributed by atoms with Crippen LogP contribution < -0.4 is 10.1 Å². The topological polar surface area (TPSA) is 51.2 Å². The van der Waals surface area contributed by atoms with Crippen LogP contribution in [0.15, 0.2) is 24.3 Å². The molecule has 2 aromatic rings. The molecule has 0 aliphatic carbocycles. The summed E-state index contributed by atoms with van der Waals surface area (Å²) in [4.78, 5) is 17.3. The van der Waals surface area contributed by atoms with Crippen LogP contribution in [0.3, 0.4) is 0 Å². The minimum atomic E-state index is -0.0297. The number of aryl methyl sites for hydroxylation is 2. The highest BCUT2D eigenvalue weighted by atomic mass is 32.1. The van der Waals surface area contributed by atoms with Crippen molar-refractivity contribution in [1.29, 1.82) is 0 Å². The summed E-state index contributed by atoms with van der Waals surface area (Å²) in [6.45, 7) is 7.15. The van der Waals surface area contributed by atoms with Gasteiger partial charge in [0.05, 0.1) is 5.69 Å². The van der Waals surface area contributed by atoms with Gasteiger partial charge in [0.2, 0.25) is 0 Å². The summed E-state index contributed by atoms with van der Waals surface area (Å²) in [7, 11) is 0. The van der Waals surface area contributed by atoms with Crippen molar-refractivity contribution in [3.8, 4) is 5.75 Å². The largest absolute Gasteiger partial charge is 0.486 e. The molecule has 1 heterocycles. The van der Waals surface area contributed by atoms with E-state index in [9.17, 15) is 4.79 Å². The maximum Gasteiger partial charge on any atom is 0.263 e. The summed E-state index contributed by atoms with van der Waals surface area (Å²) in [5.74, 6) is 0.793. The Balaban J connectivity index is 1.91. The molecule has 0 radical (unpaired) electrons. The molecule has 5 heteroatoms. The van der Waals surface area contributed by atoms with Gasteiger partial charge >= 0.3 is 0 Å². The van der Waals surface area contributed by atoms with E-state index in [2.05, 4.69) is 17.2 Å². The number of nitrogens with one attached hydrogen (secondary N) is 1. The predicted octanol–water partition coefficient (Wildman–Crippen LogP) is 4.26. The predicted molar refractivity (Wildman–Crippen MR) is 94.2 cm³/mol. The average Bonchev–Trinajstić information content (AvgIpc) is 2.90. The number of aromatic nitrogens is 1. The van der Waals surface area contributed by atoms with E-state index in [0.29, 0.717) is 11.5 Å². The Morgan fingerprint density at radius 3 is 2.87 bits per heavy atom. The Kier molecular flexibility index (Phi) is 6.59. The van der Waals surface area contributed by atoms with E-state index in [1.54, 1.807) is 0 Å². The number of carbonyl (C=O) groups excluding carboxylic acids is 1. The molecule has 0 saturated heterocycles. The summed E-state index contributed by atoms with van der Waals surface area (Å²) < 4.78 is 5.75. The molecule has 23 heavy (non-hydrogen) atoms. The Hall–Kier alpha value is -1.88. The monoisotopic (exact) mass is 332 g/mol. The number of ether oxygens (including phenoxy) is 1. The second-order valence-electron chi connectivity index (χ2n) is 5.59. The maximum atomic E-state index is 12.2. The second-order valence-corrected chi connectivity index (χ2v) is 6.67. The lowest BCUT2D eigenvalue weighted by Gasteiger charge is -2.04. The fourth-order valence-electron chi connectivity index (χ4n) is 2.23. The van der Waals surface area contributed by atoms with Gasteiger partial charge in [-0.3, -0.25) is 4.79 Å². The van der Waals surface area contributed by atoms with Gasteiger partial charge in [-0.2, -0.15) is 0 Å². The quantitative estimate of drug-likeness (QED) is 0.735. The summed E-state index contributed by atoms with van der Waals surface area (Å²) in [6, 6.07) is 7.91. The number of benzene rings is 1. The van der Waals surface area contributed by atoms with Gasteiger partial charge in [-0.15, -0.1) is 11.3 Å². The molecule has 1 aromatic heterocycles. The lowest BCUT2D eigenvalue weighted by Crippen LogP contribution is -2.24. The molecule has 0 fully saturated rings. The molecule has 1 aromatic carbocycles. The first-order valence-electron chi connectivity index (χ1n) is 8.04. The fraction of sp³-hybridized carbons (Fsp3) is 0.444. The van der Waals surface area contributed by atoms with Gasteiger partial charge < -0.3 is 10.1 Å². The van der Waals surface area contributed by atoms with Crippen LogP contribution in [-0.4, -0.2) is 17.4 Å². The van der Waals surface area contributed by atoms with E-state index >= 15 is 0 Å². The van der Waals surface area contributed by atoms with Crippen molar-refractivity contribution in [3.63, 3.8) is 0 Å². The van der Waals surface area contributed by atoms with Gasteiger partial charge in [0.25, 0.3) is 5.91 Å². The standard InChI is InChI=1S/C18H24N2O2S/c1-4-5-6-10-19-18(21)17-14(3)20-16(23-17)12-22-15-9-7-8-13(2)11-15/h7-9,11H,4-6,10,12H2,1-3H3,(H,19,21). The number of hydrogen-bond donors (Lipinski definition) is 1. The maximum absolute atomic E-state index is 12.2. The number of amides is 1. The second kappa shape index (κ2) is 8.67. The highest BCUT2D eigenvalue weighted by Gasteiger charge is 2.15. The van der Waals surface area contributed by atoms with Gasteiger partial charge in [-0.05, 0) is 38.0 Å². The lowest BCUT2D eigenvalue weighted by molar-refractivity contribution is 0.0956. The highest BCUT2D eigenvalue weighted by molar-refractivity contribution is 7.13. The van der Waals surface area contributed by atoms with E-state index in [1.807, 2.05) is 38.1 Å². The first kappa shape index (κ1) is 17.5. The van der Waals surface area contributed by atoms with Crippen LogP contribution in [0.25, 0.3) is 0 Å². The normalized spacial score (nSPS) is 10.6. The Morgan fingerprint density at radius 1 is 1.30 bits per heavy atom. The average molecular weight is 332 g/mol. The number of unbranched alkanes of at least 4 members (excludes halogenated alkanes) is 2. The molecule has 0 aliphatic heterocycles. The van der Waals surface area contributed by atoms with Crippen molar-refractivity contribution in [2.75, 3.05) is 6.54 Å². The van der Waals surface area contributed by atoms with Crippen LogP contribution >= 0.6 is 11.3 Å². The smallest absolute Gasteiger partial charge is 0.263 e. The van der Waals surface area contributed by atoms with Crippen molar-refractivity contribution in [2.24, 2.45) is 0 Å². The van der Waals surface area contributed by atoms with Crippen molar-refractivity contribution < 1.29 is 9.53 Å². The lowest BCUT2D eigenvalue weighted by atomic mass is 10.2. The van der Waals surface area contributed by atoms with Gasteiger partial charge in [0.1, 0.15) is 22.2 Å². The number of hydrogen-bond acceptors (Lipinski definition) is 4. The van der Waals surface area contributed by atoms with E-state index in [-0.39, 0.29) is 5.91 Å². The Bertz CT molecular complexity index is 652. The van der Waals surface area contributed by atoms with Crippen LogP contribution in [0.4, 0.5) is 0 Å². The van der Waals surface area contributed by atoms with Crippen molar-refractivity contribution in [3.05, 3.63) is 45.4 Å². The molecule has 124 valence electrons. The third-order valence-corrected chi connectivity index (χ3v) is 4.59. The van der Waals surface area contributed by atoms with Gasteiger partial charge in [0.15, 0.2) is 0 Å². The zero-order valence-electron chi connectivity index (χ0n) is 14.0. The van der Waals surface area contributed by atoms with Crippen molar-refractivity contribution in [2.45, 2.75) is 46.6 Å². The molecule has 4 nitrogen and oxygen atoms in total. The van der Waals surface area contributed by atoms with Crippen molar-refractivity contribution >= 4 is 17.2 Å². The van der Waals surface area contributed by atoms with Crippen LogP contribution in [0.5, 0.6) is 5.75 Å². The molecule has 0 unspecified atom stereocenters. The molecular formula is C18H24N2O2S. The van der Waals surface area contributed by atoms with Gasteiger partial charge in [-0.1, -0.05) is 31.9 Å². The minimum Gasteiger partial charge on any atom is -0.486 e. The van der Waals surface area contributed by atoms with Crippen LogP contribution in [0.2, 0.25) is 0 Å². The third kappa shape index (κ3) is 5.36. The molecule has 0 saturated carbocycles. The van der Waals surface area contributed by atoms with E-state index < -0.39 is 0 Å². The summed E-state index contributed by atoms with van der Waals surface area (Å²) in [6.07, 6.45) is 3.30. The van der Waals surface area contributed by atoms with Crippen LogP contribution in [0, 0.1) is 13.8 Å². The fourth-order valence-corrected chi connectivity index (χ4v) is 3.13. The summed E-state index contributed by atoms with van der Waals surface area (Å²) in [5, 5.41) is 3.78. The molecule has 0 aliphatic rings. The molecule has 0 bridgehead atoms. The van der Waals surface area contributed by atoms with E-state index in [0.717, 1.165) is 47.8 Å². The third-order valence-electron chi connectivity index (χ3n) is 3.46. The van der Waals surface area contributed by atoms with E-state index in [1.165, 1.54) is 11.3 Å². The molecule has 0 atom stereocenters. The van der Waals surface area contributed by atoms with Gasteiger partial charge in [0, 0.05) is 6.54 Å². The summed E-state index contributed by atoms with van der Waals surface area (Å²) >= 11 is 1.41. The first-order chi connectivity index (χ1) is 11.1. The molecule has 0 spiro atoms. The Morgan fingerprint density at radius 2 is 2.13 bits per heavy atom. The number of carbonyl (C=O) groups is 1. The molecule has 2 rings (SSSR count). The number of rotatable bonds is 8. The molecule has 1 N–H and O–H groups in total. The minimum absolute atomic E-state index is 0.0297.